The Bertz CT molecular complexity index is 1380. The fourth-order valence-electron chi connectivity index (χ4n) is 4.26. The Morgan fingerprint density at radius 1 is 1.18 bits per heavy atom. The van der Waals surface area contributed by atoms with Crippen LogP contribution in [0, 0.1) is 13.8 Å². The maximum Gasteiger partial charge on any atom is 0.259 e. The van der Waals surface area contributed by atoms with Gasteiger partial charge in [-0.15, -0.1) is 22.7 Å². The summed E-state index contributed by atoms with van der Waals surface area (Å²) in [6.45, 7) is 4.01. The number of fused-ring (bicyclic) bond motifs is 1. The number of halogens is 1. The van der Waals surface area contributed by atoms with Gasteiger partial charge in [-0.2, -0.15) is 0 Å². The number of nitrogens with zero attached hydrogens (tertiary/aromatic N) is 3. The Morgan fingerprint density at radius 3 is 2.79 bits per heavy atom. The van der Waals surface area contributed by atoms with Gasteiger partial charge in [0.2, 0.25) is 0 Å². The lowest BCUT2D eigenvalue weighted by molar-refractivity contribution is 0.102. The number of amides is 1. The van der Waals surface area contributed by atoms with Crippen molar-refractivity contribution in [2.45, 2.75) is 39.0 Å². The largest absolute Gasteiger partial charge is 0.494 e. The molecule has 6 nitrogen and oxygen atoms in total. The highest BCUT2D eigenvalue weighted by atomic mass is 35.5. The third-order valence-electron chi connectivity index (χ3n) is 5.94. The molecule has 1 unspecified atom stereocenters. The zero-order valence-corrected chi connectivity index (χ0v) is 21.4. The summed E-state index contributed by atoms with van der Waals surface area (Å²) < 4.78 is 5.47. The van der Waals surface area contributed by atoms with Crippen LogP contribution < -0.4 is 10.1 Å². The molecule has 1 N–H and O–H groups in total. The number of nitrogens with one attached hydrogen (secondary N) is 1. The summed E-state index contributed by atoms with van der Waals surface area (Å²) in [5.74, 6) is 0.782. The van der Waals surface area contributed by atoms with Crippen LogP contribution >= 0.6 is 34.3 Å². The van der Waals surface area contributed by atoms with Crippen LogP contribution in [0.3, 0.4) is 0 Å². The molecule has 34 heavy (non-hydrogen) atoms. The van der Waals surface area contributed by atoms with E-state index in [2.05, 4.69) is 33.7 Å². The lowest BCUT2D eigenvalue weighted by Crippen LogP contribution is -2.14. The lowest BCUT2D eigenvalue weighted by atomic mass is 9.90. The van der Waals surface area contributed by atoms with E-state index in [4.69, 9.17) is 21.3 Å². The standard InChI is InChI=1S/C25H23ClN4O2S2/c1-13-6-21(33-12-13)15-4-5-19-22(8-15)34-25(29-19)30-24(31)18-10-27-14(2)7-16(18)17-9-23(26)28-11-20(17)32-3/h6-7,9-12,15H,4-5,8H2,1-3H3,(H,29,30,31). The second-order valence-corrected chi connectivity index (χ2v) is 10.8. The average Bonchev–Trinajstić information content (AvgIpc) is 3.43. The normalized spacial score (nSPS) is 15.1. The molecule has 0 saturated heterocycles. The molecule has 4 aromatic rings. The van der Waals surface area contributed by atoms with Crippen LogP contribution in [-0.2, 0) is 12.8 Å². The summed E-state index contributed by atoms with van der Waals surface area (Å²) in [7, 11) is 1.56. The first kappa shape index (κ1) is 23.0. The van der Waals surface area contributed by atoms with Crippen LogP contribution in [0.5, 0.6) is 5.75 Å². The molecular formula is C25H23ClN4O2S2. The number of aromatic nitrogens is 3. The third kappa shape index (κ3) is 4.58. The van der Waals surface area contributed by atoms with E-state index in [-0.39, 0.29) is 5.91 Å². The number of carbonyl (C=O) groups excluding carboxylic acids is 1. The first-order valence-electron chi connectivity index (χ1n) is 10.9. The topological polar surface area (TPSA) is 77.0 Å². The van der Waals surface area contributed by atoms with Gasteiger partial charge in [-0.05, 0) is 68.2 Å². The number of ether oxygens (including phenoxy) is 1. The number of hydrogen-bond donors (Lipinski definition) is 1. The molecule has 1 amide bonds. The molecule has 1 aliphatic rings. The van der Waals surface area contributed by atoms with Gasteiger partial charge in [0, 0.05) is 32.8 Å². The molecule has 0 bridgehead atoms. The van der Waals surface area contributed by atoms with E-state index in [0.29, 0.717) is 38.6 Å². The van der Waals surface area contributed by atoms with Crippen molar-refractivity contribution >= 4 is 45.3 Å². The van der Waals surface area contributed by atoms with Crippen LogP contribution in [0.2, 0.25) is 5.15 Å². The van der Waals surface area contributed by atoms with E-state index in [0.717, 1.165) is 30.7 Å². The number of aryl methyl sites for hydroxylation is 3. The predicted octanol–water partition coefficient (Wildman–Crippen LogP) is 6.47. The first-order valence-corrected chi connectivity index (χ1v) is 13.0. The average molecular weight is 511 g/mol. The minimum atomic E-state index is -0.269. The number of carbonyl (C=O) groups is 1. The van der Waals surface area contributed by atoms with Crippen molar-refractivity contribution in [2.75, 3.05) is 12.4 Å². The van der Waals surface area contributed by atoms with E-state index in [1.54, 1.807) is 36.9 Å². The van der Waals surface area contributed by atoms with E-state index in [1.807, 2.05) is 24.3 Å². The van der Waals surface area contributed by atoms with Crippen LogP contribution in [0.4, 0.5) is 5.13 Å². The number of hydrogen-bond acceptors (Lipinski definition) is 7. The molecule has 0 saturated carbocycles. The van der Waals surface area contributed by atoms with Crippen molar-refractivity contribution in [1.29, 1.82) is 0 Å². The Hall–Kier alpha value is -2.81. The quantitative estimate of drug-likeness (QED) is 0.311. The smallest absolute Gasteiger partial charge is 0.259 e. The Kier molecular flexibility index (Phi) is 6.38. The van der Waals surface area contributed by atoms with Crippen molar-refractivity contribution in [3.63, 3.8) is 0 Å². The summed E-state index contributed by atoms with van der Waals surface area (Å²) >= 11 is 9.55. The second-order valence-electron chi connectivity index (χ2n) is 8.39. The van der Waals surface area contributed by atoms with Gasteiger partial charge in [0.15, 0.2) is 5.13 Å². The minimum Gasteiger partial charge on any atom is -0.494 e. The Labute approximate surface area is 211 Å². The van der Waals surface area contributed by atoms with Crippen molar-refractivity contribution in [2.24, 2.45) is 0 Å². The fraction of sp³-hybridized carbons (Fsp3) is 0.280. The number of rotatable bonds is 5. The van der Waals surface area contributed by atoms with Gasteiger partial charge in [-0.1, -0.05) is 11.6 Å². The van der Waals surface area contributed by atoms with E-state index in [1.165, 1.54) is 15.3 Å². The Morgan fingerprint density at radius 2 is 2.03 bits per heavy atom. The molecule has 174 valence electrons. The molecule has 0 spiro atoms. The molecule has 1 aliphatic carbocycles. The maximum absolute atomic E-state index is 13.3. The second kappa shape index (κ2) is 9.44. The highest BCUT2D eigenvalue weighted by Gasteiger charge is 2.26. The molecule has 9 heteroatoms. The van der Waals surface area contributed by atoms with Gasteiger partial charge < -0.3 is 4.74 Å². The van der Waals surface area contributed by atoms with Gasteiger partial charge in [0.1, 0.15) is 10.9 Å². The molecule has 5 rings (SSSR count). The molecule has 0 aromatic carbocycles. The Balaban J connectivity index is 1.41. The summed E-state index contributed by atoms with van der Waals surface area (Å²) in [5, 5.41) is 6.14. The van der Waals surface area contributed by atoms with Gasteiger partial charge in [-0.25, -0.2) is 9.97 Å². The van der Waals surface area contributed by atoms with Crippen molar-refractivity contribution < 1.29 is 9.53 Å². The number of anilines is 1. The highest BCUT2D eigenvalue weighted by molar-refractivity contribution is 7.16. The number of thiophene rings is 1. The SMILES string of the molecule is COc1cnc(Cl)cc1-c1cc(C)ncc1C(=O)Nc1nc2c(s1)CC(c1cc(C)cs1)CC2. The lowest BCUT2D eigenvalue weighted by Gasteiger charge is -2.19. The van der Waals surface area contributed by atoms with Gasteiger partial charge in [0.25, 0.3) is 5.91 Å². The van der Waals surface area contributed by atoms with Crippen LogP contribution in [0.25, 0.3) is 11.1 Å². The molecular weight excluding hydrogens is 488 g/mol. The zero-order chi connectivity index (χ0) is 23.8. The third-order valence-corrected chi connectivity index (χ3v) is 8.40. The van der Waals surface area contributed by atoms with Crippen LogP contribution in [0.1, 0.15) is 49.4 Å². The minimum absolute atomic E-state index is 0.269. The maximum atomic E-state index is 13.3. The summed E-state index contributed by atoms with van der Waals surface area (Å²) in [6, 6.07) is 5.83. The highest BCUT2D eigenvalue weighted by Crippen LogP contribution is 2.39. The molecule has 4 aromatic heterocycles. The monoisotopic (exact) mass is 510 g/mol. The first-order chi connectivity index (χ1) is 16.4. The van der Waals surface area contributed by atoms with Gasteiger partial charge in [-0.3, -0.25) is 15.1 Å². The summed E-state index contributed by atoms with van der Waals surface area (Å²) in [5.41, 5.74) is 4.98. The zero-order valence-electron chi connectivity index (χ0n) is 19.0. The molecule has 4 heterocycles. The van der Waals surface area contributed by atoms with Crippen LogP contribution in [-0.4, -0.2) is 28.0 Å². The molecule has 0 fully saturated rings. The molecule has 0 aliphatic heterocycles. The van der Waals surface area contributed by atoms with Gasteiger partial charge in [0.05, 0.1) is 24.6 Å². The van der Waals surface area contributed by atoms with E-state index in [9.17, 15) is 4.79 Å². The number of methoxy groups -OCH3 is 1. The number of thiazole rings is 1. The predicted molar refractivity (Wildman–Crippen MR) is 138 cm³/mol. The summed E-state index contributed by atoms with van der Waals surface area (Å²) in [6.07, 6.45) is 6.10. The molecule has 1 atom stereocenters. The summed E-state index contributed by atoms with van der Waals surface area (Å²) in [4.78, 5) is 29.2. The van der Waals surface area contributed by atoms with Gasteiger partial charge >= 0.3 is 0 Å². The van der Waals surface area contributed by atoms with E-state index < -0.39 is 0 Å². The number of pyridine rings is 2. The van der Waals surface area contributed by atoms with Crippen molar-refractivity contribution in [3.8, 4) is 16.9 Å². The fourth-order valence-corrected chi connectivity index (χ4v) is 6.54. The van der Waals surface area contributed by atoms with Crippen molar-refractivity contribution in [3.05, 3.63) is 73.4 Å². The molecule has 0 radical (unpaired) electrons. The van der Waals surface area contributed by atoms with Crippen LogP contribution in [0.15, 0.2) is 36.0 Å². The van der Waals surface area contributed by atoms with E-state index >= 15 is 0 Å². The van der Waals surface area contributed by atoms with Crippen molar-refractivity contribution in [1.82, 2.24) is 15.0 Å².